The lowest BCUT2D eigenvalue weighted by Crippen LogP contribution is -2.03. The molecule has 2 aromatic rings. The van der Waals surface area contributed by atoms with Crippen molar-refractivity contribution in [2.24, 2.45) is 0 Å². The van der Waals surface area contributed by atoms with E-state index in [1.54, 1.807) is 18.6 Å². The summed E-state index contributed by atoms with van der Waals surface area (Å²) in [6, 6.07) is 0. The van der Waals surface area contributed by atoms with Crippen molar-refractivity contribution in [2.75, 3.05) is 6.61 Å². The molecule has 2 aromatic heterocycles. The molecule has 0 fully saturated rings. The third-order valence-corrected chi connectivity index (χ3v) is 1.77. The number of hydrogen-bond acceptors (Lipinski definition) is 3. The quantitative estimate of drug-likeness (QED) is 0.708. The Morgan fingerprint density at radius 2 is 2.31 bits per heavy atom. The predicted molar refractivity (Wildman–Crippen MR) is 46.9 cm³/mol. The maximum absolute atomic E-state index is 8.78. The zero-order valence-corrected chi connectivity index (χ0v) is 7.01. The first kappa shape index (κ1) is 8.00. The SMILES string of the molecule is OCCn1ccnc1-c1ncc[nH]1. The van der Waals surface area contributed by atoms with E-state index >= 15 is 0 Å². The molecule has 0 unspecified atom stereocenters. The summed E-state index contributed by atoms with van der Waals surface area (Å²) in [6.07, 6.45) is 6.92. The number of H-pyrrole nitrogens is 1. The molecule has 0 aliphatic carbocycles. The van der Waals surface area contributed by atoms with Crippen LogP contribution in [0.15, 0.2) is 24.8 Å². The largest absolute Gasteiger partial charge is 0.395 e. The van der Waals surface area contributed by atoms with Gasteiger partial charge in [0, 0.05) is 31.3 Å². The van der Waals surface area contributed by atoms with E-state index in [1.165, 1.54) is 0 Å². The molecular formula is C8H10N4O. The lowest BCUT2D eigenvalue weighted by molar-refractivity contribution is 0.276. The van der Waals surface area contributed by atoms with Gasteiger partial charge in [0.15, 0.2) is 11.6 Å². The van der Waals surface area contributed by atoms with Crippen LogP contribution >= 0.6 is 0 Å². The second-order valence-electron chi connectivity index (χ2n) is 2.61. The maximum atomic E-state index is 8.78. The highest BCUT2D eigenvalue weighted by Crippen LogP contribution is 2.10. The fraction of sp³-hybridized carbons (Fsp3) is 0.250. The first-order valence-electron chi connectivity index (χ1n) is 4.03. The van der Waals surface area contributed by atoms with Crippen LogP contribution in [-0.2, 0) is 6.54 Å². The third kappa shape index (κ3) is 1.46. The average molecular weight is 178 g/mol. The lowest BCUT2D eigenvalue weighted by atomic mass is 10.5. The first-order chi connectivity index (χ1) is 6.42. The van der Waals surface area contributed by atoms with E-state index in [9.17, 15) is 0 Å². The van der Waals surface area contributed by atoms with Crippen LogP contribution in [0.25, 0.3) is 11.6 Å². The van der Waals surface area contributed by atoms with Crippen molar-refractivity contribution >= 4 is 0 Å². The van der Waals surface area contributed by atoms with Crippen molar-refractivity contribution in [1.82, 2.24) is 19.5 Å². The zero-order chi connectivity index (χ0) is 9.10. The minimum Gasteiger partial charge on any atom is -0.395 e. The molecule has 0 bridgehead atoms. The topological polar surface area (TPSA) is 66.7 Å². The van der Waals surface area contributed by atoms with Crippen LogP contribution in [-0.4, -0.2) is 31.2 Å². The van der Waals surface area contributed by atoms with Gasteiger partial charge in [0.25, 0.3) is 0 Å². The molecule has 0 saturated heterocycles. The van der Waals surface area contributed by atoms with Gasteiger partial charge in [-0.2, -0.15) is 0 Å². The number of aliphatic hydroxyl groups is 1. The number of aromatic nitrogens is 4. The van der Waals surface area contributed by atoms with Crippen LogP contribution in [0.1, 0.15) is 0 Å². The Hall–Kier alpha value is -1.62. The van der Waals surface area contributed by atoms with Gasteiger partial charge in [0.05, 0.1) is 6.61 Å². The number of rotatable bonds is 3. The maximum Gasteiger partial charge on any atom is 0.176 e. The van der Waals surface area contributed by atoms with Crippen molar-refractivity contribution in [3.05, 3.63) is 24.8 Å². The van der Waals surface area contributed by atoms with Gasteiger partial charge >= 0.3 is 0 Å². The van der Waals surface area contributed by atoms with E-state index in [4.69, 9.17) is 5.11 Å². The normalized spacial score (nSPS) is 10.5. The molecule has 5 nitrogen and oxygen atoms in total. The molecule has 0 radical (unpaired) electrons. The molecule has 0 atom stereocenters. The lowest BCUT2D eigenvalue weighted by Gasteiger charge is -2.01. The summed E-state index contributed by atoms with van der Waals surface area (Å²) in [5.41, 5.74) is 0. The summed E-state index contributed by atoms with van der Waals surface area (Å²) in [4.78, 5) is 11.2. The number of hydrogen-bond donors (Lipinski definition) is 2. The van der Waals surface area contributed by atoms with E-state index < -0.39 is 0 Å². The van der Waals surface area contributed by atoms with Crippen LogP contribution in [0.5, 0.6) is 0 Å². The van der Waals surface area contributed by atoms with Crippen LogP contribution < -0.4 is 0 Å². The minimum atomic E-state index is 0.101. The molecule has 2 heterocycles. The Kier molecular flexibility index (Phi) is 2.09. The molecular weight excluding hydrogens is 168 g/mol. The van der Waals surface area contributed by atoms with Gasteiger partial charge in [0.2, 0.25) is 0 Å². The third-order valence-electron chi connectivity index (χ3n) is 1.77. The summed E-state index contributed by atoms with van der Waals surface area (Å²) in [5.74, 6) is 1.47. The molecule has 0 aliphatic heterocycles. The number of aliphatic hydroxyl groups excluding tert-OH is 1. The van der Waals surface area contributed by atoms with Gasteiger partial charge in [0.1, 0.15) is 0 Å². The van der Waals surface area contributed by atoms with E-state index in [-0.39, 0.29) is 6.61 Å². The predicted octanol–water partition coefficient (Wildman–Crippen LogP) is 0.265. The summed E-state index contributed by atoms with van der Waals surface area (Å²) in [6.45, 7) is 0.639. The molecule has 2 rings (SSSR count). The van der Waals surface area contributed by atoms with Gasteiger partial charge < -0.3 is 14.7 Å². The van der Waals surface area contributed by atoms with Gasteiger partial charge in [-0.1, -0.05) is 0 Å². The fourth-order valence-corrected chi connectivity index (χ4v) is 1.20. The average Bonchev–Trinajstić information content (AvgIpc) is 2.71. The summed E-state index contributed by atoms with van der Waals surface area (Å²) >= 11 is 0. The molecule has 0 amide bonds. The molecule has 5 heteroatoms. The molecule has 0 spiro atoms. The highest BCUT2D eigenvalue weighted by Gasteiger charge is 2.06. The molecule has 68 valence electrons. The molecule has 0 aromatic carbocycles. The standard InChI is InChI=1S/C8H10N4O/c13-6-5-12-4-3-11-8(12)7-9-1-2-10-7/h1-4,13H,5-6H2,(H,9,10). The van der Waals surface area contributed by atoms with Crippen molar-refractivity contribution < 1.29 is 5.11 Å². The van der Waals surface area contributed by atoms with Crippen LogP contribution in [0.2, 0.25) is 0 Å². The minimum absolute atomic E-state index is 0.101. The summed E-state index contributed by atoms with van der Waals surface area (Å²) < 4.78 is 1.85. The Morgan fingerprint density at radius 1 is 1.38 bits per heavy atom. The highest BCUT2D eigenvalue weighted by atomic mass is 16.3. The summed E-state index contributed by atoms with van der Waals surface area (Å²) in [5, 5.41) is 8.78. The van der Waals surface area contributed by atoms with Gasteiger partial charge in [-0.05, 0) is 0 Å². The van der Waals surface area contributed by atoms with Gasteiger partial charge in [-0.15, -0.1) is 0 Å². The Morgan fingerprint density at radius 3 is 3.00 bits per heavy atom. The molecule has 0 aliphatic rings. The molecule has 13 heavy (non-hydrogen) atoms. The van der Waals surface area contributed by atoms with Crippen molar-refractivity contribution in [2.45, 2.75) is 6.54 Å². The number of nitrogens with zero attached hydrogens (tertiary/aromatic N) is 3. The van der Waals surface area contributed by atoms with E-state index in [1.807, 2.05) is 10.8 Å². The Bertz CT molecular complexity index is 365. The van der Waals surface area contributed by atoms with E-state index in [0.29, 0.717) is 6.54 Å². The van der Waals surface area contributed by atoms with Crippen molar-refractivity contribution in [3.63, 3.8) is 0 Å². The number of nitrogens with one attached hydrogen (secondary N) is 1. The highest BCUT2D eigenvalue weighted by molar-refractivity contribution is 5.43. The Labute approximate surface area is 75.1 Å². The van der Waals surface area contributed by atoms with Crippen LogP contribution in [0, 0.1) is 0 Å². The van der Waals surface area contributed by atoms with Gasteiger partial charge in [-0.3, -0.25) is 0 Å². The van der Waals surface area contributed by atoms with E-state index in [0.717, 1.165) is 11.6 Å². The summed E-state index contributed by atoms with van der Waals surface area (Å²) in [7, 11) is 0. The first-order valence-corrected chi connectivity index (χ1v) is 4.03. The second-order valence-corrected chi connectivity index (χ2v) is 2.61. The molecule has 2 N–H and O–H groups in total. The fourth-order valence-electron chi connectivity index (χ4n) is 1.20. The monoisotopic (exact) mass is 178 g/mol. The number of imidazole rings is 2. The Balaban J connectivity index is 2.35. The smallest absolute Gasteiger partial charge is 0.176 e. The second kappa shape index (κ2) is 3.40. The van der Waals surface area contributed by atoms with Crippen molar-refractivity contribution in [3.8, 4) is 11.6 Å². The van der Waals surface area contributed by atoms with Gasteiger partial charge in [-0.25, -0.2) is 9.97 Å². The van der Waals surface area contributed by atoms with E-state index in [2.05, 4.69) is 15.0 Å². The molecule has 0 saturated carbocycles. The van der Waals surface area contributed by atoms with Crippen LogP contribution in [0.4, 0.5) is 0 Å². The van der Waals surface area contributed by atoms with Crippen LogP contribution in [0.3, 0.4) is 0 Å². The van der Waals surface area contributed by atoms with Crippen molar-refractivity contribution in [1.29, 1.82) is 0 Å². The number of aromatic amines is 1. The zero-order valence-electron chi connectivity index (χ0n) is 7.01.